The van der Waals surface area contributed by atoms with E-state index in [4.69, 9.17) is 11.6 Å². The summed E-state index contributed by atoms with van der Waals surface area (Å²) < 4.78 is 0. The fraction of sp³-hybridized carbons (Fsp3) is 0.444. The van der Waals surface area contributed by atoms with Crippen molar-refractivity contribution >= 4 is 17.3 Å². The summed E-state index contributed by atoms with van der Waals surface area (Å²) in [6.07, 6.45) is 0.662. The van der Waals surface area contributed by atoms with Crippen LogP contribution in [0.5, 0.6) is 0 Å². The summed E-state index contributed by atoms with van der Waals surface area (Å²) in [5.41, 5.74) is 1.85. The topological polar surface area (TPSA) is 92.1 Å². The third-order valence-corrected chi connectivity index (χ3v) is 4.86. The fourth-order valence-electron chi connectivity index (χ4n) is 3.01. The molecule has 0 bridgehead atoms. The lowest BCUT2D eigenvalue weighted by Gasteiger charge is -2.29. The normalized spacial score (nSPS) is 14.9. The van der Waals surface area contributed by atoms with E-state index < -0.39 is 4.92 Å². The van der Waals surface area contributed by atoms with Crippen LogP contribution in [0.2, 0.25) is 5.02 Å². The number of hydrogen-bond donors (Lipinski definition) is 1. The summed E-state index contributed by atoms with van der Waals surface area (Å²) in [5, 5.41) is 11.5. The molecule has 1 N–H and O–H groups in total. The second-order valence-corrected chi connectivity index (χ2v) is 7.99. The van der Waals surface area contributed by atoms with Crippen molar-refractivity contribution < 1.29 is 4.92 Å². The highest BCUT2D eigenvalue weighted by molar-refractivity contribution is 6.31. The molecule has 0 amide bonds. The average Bonchev–Trinajstić information content (AvgIpc) is 2.56. The van der Waals surface area contributed by atoms with Gasteiger partial charge in [-0.1, -0.05) is 32.4 Å². The Morgan fingerprint density at radius 3 is 2.77 bits per heavy atom. The van der Waals surface area contributed by atoms with Gasteiger partial charge in [-0.25, -0.2) is 4.98 Å². The molecule has 138 valence electrons. The highest BCUT2D eigenvalue weighted by Crippen LogP contribution is 2.26. The summed E-state index contributed by atoms with van der Waals surface area (Å²) in [6, 6.07) is 4.42. The van der Waals surface area contributed by atoms with Crippen molar-refractivity contribution in [2.24, 2.45) is 0 Å². The van der Waals surface area contributed by atoms with Crippen molar-refractivity contribution in [3.05, 3.63) is 66.3 Å². The van der Waals surface area contributed by atoms with E-state index in [0.29, 0.717) is 48.0 Å². The maximum absolute atomic E-state index is 12.5. The molecule has 1 aromatic heterocycles. The molecular weight excluding hydrogens is 356 g/mol. The van der Waals surface area contributed by atoms with Crippen LogP contribution in [0.25, 0.3) is 0 Å². The second kappa shape index (κ2) is 6.81. The van der Waals surface area contributed by atoms with Gasteiger partial charge < -0.3 is 4.98 Å². The highest BCUT2D eigenvalue weighted by atomic mass is 35.5. The molecular formula is C18H21ClN4O3. The molecule has 0 aliphatic carbocycles. The van der Waals surface area contributed by atoms with E-state index in [-0.39, 0.29) is 16.7 Å². The quantitative estimate of drug-likeness (QED) is 0.656. The van der Waals surface area contributed by atoms with E-state index >= 15 is 0 Å². The first-order chi connectivity index (χ1) is 12.1. The van der Waals surface area contributed by atoms with Crippen molar-refractivity contribution in [2.45, 2.75) is 45.7 Å². The Morgan fingerprint density at radius 1 is 1.38 bits per heavy atom. The average molecular weight is 377 g/mol. The minimum atomic E-state index is -0.437. The molecule has 1 aromatic carbocycles. The van der Waals surface area contributed by atoms with Crippen LogP contribution in [0.15, 0.2) is 23.0 Å². The summed E-state index contributed by atoms with van der Waals surface area (Å²) in [5.74, 6) is 0.691. The molecule has 7 nitrogen and oxygen atoms in total. The van der Waals surface area contributed by atoms with Crippen LogP contribution in [0, 0.1) is 10.1 Å². The number of non-ortho nitro benzene ring substituents is 1. The van der Waals surface area contributed by atoms with Gasteiger partial charge >= 0.3 is 0 Å². The Labute approximate surface area is 156 Å². The monoisotopic (exact) mass is 376 g/mol. The summed E-state index contributed by atoms with van der Waals surface area (Å²) in [7, 11) is 0. The zero-order valence-electron chi connectivity index (χ0n) is 15.0. The Morgan fingerprint density at radius 2 is 2.12 bits per heavy atom. The summed E-state index contributed by atoms with van der Waals surface area (Å²) in [6.45, 7) is 7.64. The molecule has 0 unspecified atom stereocenters. The number of benzene rings is 1. The van der Waals surface area contributed by atoms with Gasteiger partial charge in [-0.05, 0) is 11.6 Å². The molecule has 26 heavy (non-hydrogen) atoms. The zero-order valence-corrected chi connectivity index (χ0v) is 15.8. The molecule has 0 fully saturated rings. The number of fused-ring (bicyclic) bond motifs is 1. The number of nitro groups is 1. The van der Waals surface area contributed by atoms with Crippen molar-refractivity contribution in [1.82, 2.24) is 14.9 Å². The van der Waals surface area contributed by atoms with Gasteiger partial charge in [-0.3, -0.25) is 19.8 Å². The standard InChI is InChI=1S/C18H21ClN4O3/c1-18(2,3)17-20-15-6-7-22(10-13(15)16(24)21-17)9-11-8-12(23(25)26)4-5-14(11)19/h4-5,8H,6-7,9-10H2,1-3H3,(H,20,21,24). The van der Waals surface area contributed by atoms with Gasteiger partial charge in [0.05, 0.1) is 16.2 Å². The van der Waals surface area contributed by atoms with Crippen LogP contribution in [0.3, 0.4) is 0 Å². The molecule has 2 aromatic rings. The van der Waals surface area contributed by atoms with Crippen molar-refractivity contribution in [1.29, 1.82) is 0 Å². The number of nitrogens with one attached hydrogen (secondary N) is 1. The number of aromatic amines is 1. The number of rotatable bonds is 3. The number of H-pyrrole nitrogens is 1. The number of nitrogens with zero attached hydrogens (tertiary/aromatic N) is 3. The van der Waals surface area contributed by atoms with Gasteiger partial charge in [0, 0.05) is 48.6 Å². The van der Waals surface area contributed by atoms with Crippen LogP contribution in [-0.2, 0) is 24.9 Å². The van der Waals surface area contributed by atoms with Gasteiger partial charge in [-0.15, -0.1) is 0 Å². The van der Waals surface area contributed by atoms with Crippen LogP contribution >= 0.6 is 11.6 Å². The molecule has 0 saturated heterocycles. The number of aromatic nitrogens is 2. The zero-order chi connectivity index (χ0) is 19.1. The lowest BCUT2D eigenvalue weighted by atomic mass is 9.95. The Bertz CT molecular complexity index is 918. The predicted octanol–water partition coefficient (Wildman–Crippen LogP) is 3.19. The van der Waals surface area contributed by atoms with E-state index in [2.05, 4.69) is 14.9 Å². The van der Waals surface area contributed by atoms with Crippen molar-refractivity contribution in [3.63, 3.8) is 0 Å². The molecule has 2 heterocycles. The van der Waals surface area contributed by atoms with Gasteiger partial charge in [0.2, 0.25) is 0 Å². The Hall–Kier alpha value is -2.25. The third-order valence-electron chi connectivity index (χ3n) is 4.49. The van der Waals surface area contributed by atoms with E-state index in [1.807, 2.05) is 20.8 Å². The van der Waals surface area contributed by atoms with Gasteiger partial charge in [0.15, 0.2) is 0 Å². The highest BCUT2D eigenvalue weighted by Gasteiger charge is 2.25. The fourth-order valence-corrected chi connectivity index (χ4v) is 3.19. The van der Waals surface area contributed by atoms with Crippen LogP contribution in [-0.4, -0.2) is 26.3 Å². The number of hydrogen-bond acceptors (Lipinski definition) is 5. The minimum absolute atomic E-state index is 0.0103. The molecule has 0 radical (unpaired) electrons. The lowest BCUT2D eigenvalue weighted by Crippen LogP contribution is -2.37. The molecule has 3 rings (SSSR count). The van der Waals surface area contributed by atoms with Gasteiger partial charge in [-0.2, -0.15) is 0 Å². The van der Waals surface area contributed by atoms with Gasteiger partial charge in [0.25, 0.3) is 11.2 Å². The second-order valence-electron chi connectivity index (χ2n) is 7.58. The van der Waals surface area contributed by atoms with E-state index in [0.717, 1.165) is 5.69 Å². The summed E-state index contributed by atoms with van der Waals surface area (Å²) in [4.78, 5) is 32.6. The maximum atomic E-state index is 12.5. The third kappa shape index (κ3) is 3.78. The van der Waals surface area contributed by atoms with E-state index in [1.54, 1.807) is 0 Å². The summed E-state index contributed by atoms with van der Waals surface area (Å²) >= 11 is 6.19. The first-order valence-corrected chi connectivity index (χ1v) is 8.80. The first-order valence-electron chi connectivity index (χ1n) is 8.43. The molecule has 0 saturated carbocycles. The first kappa shape index (κ1) is 18.5. The molecule has 1 aliphatic rings. The van der Waals surface area contributed by atoms with Gasteiger partial charge in [0.1, 0.15) is 5.82 Å². The molecule has 1 aliphatic heterocycles. The largest absolute Gasteiger partial charge is 0.310 e. The number of halogens is 1. The smallest absolute Gasteiger partial charge is 0.269 e. The lowest BCUT2D eigenvalue weighted by molar-refractivity contribution is -0.384. The van der Waals surface area contributed by atoms with Crippen LogP contribution in [0.4, 0.5) is 5.69 Å². The van der Waals surface area contributed by atoms with E-state index in [9.17, 15) is 14.9 Å². The van der Waals surface area contributed by atoms with Crippen molar-refractivity contribution in [3.8, 4) is 0 Å². The molecule has 0 atom stereocenters. The molecule has 0 spiro atoms. The van der Waals surface area contributed by atoms with Crippen molar-refractivity contribution in [2.75, 3.05) is 6.54 Å². The predicted molar refractivity (Wildman–Crippen MR) is 99.5 cm³/mol. The minimum Gasteiger partial charge on any atom is -0.310 e. The molecule has 8 heteroatoms. The van der Waals surface area contributed by atoms with E-state index in [1.165, 1.54) is 18.2 Å². The SMILES string of the molecule is CC(C)(C)c1nc2c(c(=O)[nH]1)CN(Cc1cc([N+](=O)[O-])ccc1Cl)CC2. The Kier molecular flexibility index (Phi) is 4.86. The Balaban J connectivity index is 1.85. The van der Waals surface area contributed by atoms with Crippen LogP contribution < -0.4 is 5.56 Å². The van der Waals surface area contributed by atoms with Crippen LogP contribution in [0.1, 0.15) is 43.4 Å². The maximum Gasteiger partial charge on any atom is 0.269 e. The number of nitro benzene ring substituents is 1.